The highest BCUT2D eigenvalue weighted by Crippen LogP contribution is 2.38. The Hall–Kier alpha value is -1.44. The predicted octanol–water partition coefficient (Wildman–Crippen LogP) is 3.74. The second-order valence-electron chi connectivity index (χ2n) is 5.00. The monoisotopic (exact) mass is 204 g/mol. The lowest BCUT2D eigenvalue weighted by Gasteiger charge is -2.20. The van der Waals surface area contributed by atoms with Crippen molar-refractivity contribution in [2.45, 2.75) is 33.1 Å². The minimum absolute atomic E-state index is 0.0536. The van der Waals surface area contributed by atoms with E-state index in [-0.39, 0.29) is 5.41 Å². The van der Waals surface area contributed by atoms with E-state index in [1.165, 1.54) is 0 Å². The quantitative estimate of drug-likeness (QED) is 0.709. The van der Waals surface area contributed by atoms with E-state index in [1.54, 1.807) is 6.26 Å². The Morgan fingerprint density at radius 2 is 1.87 bits per heavy atom. The largest absolute Gasteiger partial charge is 0.507 e. The maximum absolute atomic E-state index is 10.2. The molecule has 2 heteroatoms. The maximum atomic E-state index is 10.2. The number of rotatable bonds is 0. The van der Waals surface area contributed by atoms with Crippen LogP contribution in [-0.2, 0) is 5.41 Å². The molecule has 15 heavy (non-hydrogen) atoms. The van der Waals surface area contributed by atoms with E-state index < -0.39 is 0 Å². The van der Waals surface area contributed by atoms with Crippen LogP contribution in [0.15, 0.2) is 22.8 Å². The molecule has 0 aliphatic carbocycles. The van der Waals surface area contributed by atoms with Crippen LogP contribution in [-0.4, -0.2) is 5.11 Å². The van der Waals surface area contributed by atoms with Crippen molar-refractivity contribution in [1.82, 2.24) is 0 Å². The average molecular weight is 204 g/mol. The molecule has 0 saturated heterocycles. The molecule has 0 aliphatic rings. The Labute approximate surface area is 89.5 Å². The lowest BCUT2D eigenvalue weighted by molar-refractivity contribution is 0.452. The van der Waals surface area contributed by atoms with Gasteiger partial charge in [0.2, 0.25) is 0 Å². The van der Waals surface area contributed by atoms with Gasteiger partial charge in [0.25, 0.3) is 0 Å². The number of phenolic OH excluding ortho intramolecular Hbond substituents is 1. The van der Waals surface area contributed by atoms with Crippen LogP contribution in [0.25, 0.3) is 11.0 Å². The lowest BCUT2D eigenvalue weighted by Crippen LogP contribution is -2.11. The highest BCUT2D eigenvalue weighted by Gasteiger charge is 2.21. The van der Waals surface area contributed by atoms with Crippen LogP contribution in [0.4, 0.5) is 0 Å². The van der Waals surface area contributed by atoms with Crippen molar-refractivity contribution >= 4 is 11.0 Å². The Bertz CT molecular complexity index is 501. The molecule has 2 rings (SSSR count). The minimum atomic E-state index is -0.0536. The topological polar surface area (TPSA) is 33.4 Å². The van der Waals surface area contributed by atoms with Crippen LogP contribution in [0.1, 0.15) is 31.9 Å². The number of hydrogen-bond donors (Lipinski definition) is 1. The van der Waals surface area contributed by atoms with E-state index in [2.05, 4.69) is 20.8 Å². The molecule has 1 aromatic carbocycles. The van der Waals surface area contributed by atoms with Crippen molar-refractivity contribution in [1.29, 1.82) is 0 Å². The molecule has 2 nitrogen and oxygen atoms in total. The van der Waals surface area contributed by atoms with E-state index in [0.717, 1.165) is 22.1 Å². The normalized spacial score (nSPS) is 12.3. The van der Waals surface area contributed by atoms with Gasteiger partial charge in [-0.25, -0.2) is 0 Å². The second kappa shape index (κ2) is 3.02. The van der Waals surface area contributed by atoms with E-state index >= 15 is 0 Å². The van der Waals surface area contributed by atoms with Crippen LogP contribution in [0.5, 0.6) is 5.75 Å². The number of aromatic hydroxyl groups is 1. The van der Waals surface area contributed by atoms with Gasteiger partial charge in [-0.1, -0.05) is 26.8 Å². The summed E-state index contributed by atoms with van der Waals surface area (Å²) in [5, 5.41) is 11.0. The average Bonchev–Trinajstić information content (AvgIpc) is 2.46. The third-order valence-corrected chi connectivity index (χ3v) is 2.70. The fraction of sp³-hybridized carbons (Fsp3) is 0.385. The van der Waals surface area contributed by atoms with Crippen LogP contribution >= 0.6 is 0 Å². The first-order valence-corrected chi connectivity index (χ1v) is 5.11. The highest BCUT2D eigenvalue weighted by molar-refractivity contribution is 5.88. The third-order valence-electron chi connectivity index (χ3n) is 2.70. The van der Waals surface area contributed by atoms with Crippen LogP contribution in [0.3, 0.4) is 0 Å². The van der Waals surface area contributed by atoms with E-state index in [0.29, 0.717) is 5.75 Å². The smallest absolute Gasteiger partial charge is 0.137 e. The molecule has 80 valence electrons. The summed E-state index contributed by atoms with van der Waals surface area (Å²) in [4.78, 5) is 0. The van der Waals surface area contributed by atoms with Crippen molar-refractivity contribution in [3.8, 4) is 5.75 Å². The first kappa shape index (κ1) is 10.1. The van der Waals surface area contributed by atoms with Gasteiger partial charge in [0.15, 0.2) is 0 Å². The predicted molar refractivity (Wildman–Crippen MR) is 61.3 cm³/mol. The van der Waals surface area contributed by atoms with Crippen molar-refractivity contribution in [3.63, 3.8) is 0 Å². The molecule has 0 atom stereocenters. The third kappa shape index (κ3) is 1.50. The number of fused-ring (bicyclic) bond motifs is 1. The molecule has 0 fully saturated rings. The molecule has 0 aliphatic heterocycles. The second-order valence-corrected chi connectivity index (χ2v) is 5.00. The zero-order valence-electron chi connectivity index (χ0n) is 9.59. The summed E-state index contributed by atoms with van der Waals surface area (Å²) in [7, 11) is 0. The van der Waals surface area contributed by atoms with E-state index in [4.69, 9.17) is 4.42 Å². The number of phenols is 1. The molecule has 0 saturated carbocycles. The Morgan fingerprint density at radius 1 is 1.20 bits per heavy atom. The summed E-state index contributed by atoms with van der Waals surface area (Å²) in [6.45, 7) is 8.20. The lowest BCUT2D eigenvalue weighted by atomic mass is 9.85. The molecule has 0 spiro atoms. The van der Waals surface area contributed by atoms with Gasteiger partial charge in [-0.2, -0.15) is 0 Å². The molecule has 0 bridgehead atoms. The van der Waals surface area contributed by atoms with Gasteiger partial charge >= 0.3 is 0 Å². The van der Waals surface area contributed by atoms with Gasteiger partial charge < -0.3 is 9.52 Å². The van der Waals surface area contributed by atoms with Gasteiger partial charge in [-0.3, -0.25) is 0 Å². The van der Waals surface area contributed by atoms with Gasteiger partial charge in [-0.05, 0) is 24.0 Å². The molecular weight excluding hydrogens is 188 g/mol. The molecule has 1 N–H and O–H groups in total. The van der Waals surface area contributed by atoms with Crippen LogP contribution in [0.2, 0.25) is 0 Å². The fourth-order valence-electron chi connectivity index (χ4n) is 1.87. The summed E-state index contributed by atoms with van der Waals surface area (Å²) in [5.41, 5.74) is 2.63. The Balaban J connectivity index is 2.80. The zero-order chi connectivity index (χ0) is 11.2. The SMILES string of the molecule is Cc1coc2ccc(C(C)(C)C)c(O)c12. The minimum Gasteiger partial charge on any atom is -0.507 e. The van der Waals surface area contributed by atoms with Crippen molar-refractivity contribution in [2.75, 3.05) is 0 Å². The van der Waals surface area contributed by atoms with Crippen molar-refractivity contribution in [3.05, 3.63) is 29.5 Å². The summed E-state index contributed by atoms with van der Waals surface area (Å²) in [6.07, 6.45) is 1.68. The molecular formula is C13H16O2. The van der Waals surface area contributed by atoms with Gasteiger partial charge in [0.1, 0.15) is 11.3 Å². The summed E-state index contributed by atoms with van der Waals surface area (Å²) in [5.74, 6) is 0.353. The van der Waals surface area contributed by atoms with E-state index in [1.807, 2.05) is 19.1 Å². The standard InChI is InChI=1S/C13H16O2/c1-8-7-15-10-6-5-9(13(2,3)4)12(14)11(8)10/h5-7,14H,1-4H3. The summed E-state index contributed by atoms with van der Waals surface area (Å²) >= 11 is 0. The first-order chi connectivity index (χ1) is 6.91. The Morgan fingerprint density at radius 3 is 2.47 bits per heavy atom. The van der Waals surface area contributed by atoms with Crippen LogP contribution in [0, 0.1) is 6.92 Å². The number of hydrogen-bond acceptors (Lipinski definition) is 2. The highest BCUT2D eigenvalue weighted by atomic mass is 16.3. The summed E-state index contributed by atoms with van der Waals surface area (Å²) in [6, 6.07) is 3.85. The summed E-state index contributed by atoms with van der Waals surface area (Å²) < 4.78 is 5.34. The van der Waals surface area contributed by atoms with Gasteiger partial charge in [-0.15, -0.1) is 0 Å². The van der Waals surface area contributed by atoms with Gasteiger partial charge in [0.05, 0.1) is 11.6 Å². The molecule has 1 aromatic heterocycles. The first-order valence-electron chi connectivity index (χ1n) is 5.11. The number of aryl methyl sites for hydroxylation is 1. The molecule has 1 heterocycles. The number of furan rings is 1. The van der Waals surface area contributed by atoms with E-state index in [9.17, 15) is 5.11 Å². The van der Waals surface area contributed by atoms with Crippen molar-refractivity contribution in [2.24, 2.45) is 0 Å². The number of benzene rings is 1. The zero-order valence-corrected chi connectivity index (χ0v) is 9.59. The van der Waals surface area contributed by atoms with Gasteiger partial charge in [0, 0.05) is 5.56 Å². The Kier molecular flexibility index (Phi) is 2.03. The molecule has 0 radical (unpaired) electrons. The fourth-order valence-corrected chi connectivity index (χ4v) is 1.87. The van der Waals surface area contributed by atoms with Crippen LogP contribution < -0.4 is 0 Å². The molecule has 0 amide bonds. The van der Waals surface area contributed by atoms with Crippen molar-refractivity contribution < 1.29 is 9.52 Å². The molecule has 0 unspecified atom stereocenters. The molecule has 2 aromatic rings. The maximum Gasteiger partial charge on any atom is 0.137 e.